The third-order valence-electron chi connectivity index (χ3n) is 2.70. The maximum Gasteiger partial charge on any atom is 0.193 e. The fourth-order valence-electron chi connectivity index (χ4n) is 2.02. The third-order valence-corrected chi connectivity index (χ3v) is 2.70. The van der Waals surface area contributed by atoms with Gasteiger partial charge < -0.3 is 9.84 Å². The van der Waals surface area contributed by atoms with Gasteiger partial charge in [0.1, 0.15) is 17.0 Å². The minimum Gasteiger partial charge on any atom is -0.509 e. The molecule has 1 aliphatic rings. The smallest absolute Gasteiger partial charge is 0.193 e. The lowest BCUT2D eigenvalue weighted by molar-refractivity contribution is -0.163. The van der Waals surface area contributed by atoms with Gasteiger partial charge in [0.25, 0.3) is 0 Å². The molecule has 1 aliphatic heterocycles. The molecule has 0 amide bonds. The van der Waals surface area contributed by atoms with Crippen molar-refractivity contribution in [2.75, 3.05) is 0 Å². The standard InChI is InChI=1S/C12H20O3/c1-7(2)8-9(13)11(3,4)15-12(5,6)10(8)14/h7,13H,1-6H3. The Kier molecular flexibility index (Phi) is 2.72. The van der Waals surface area contributed by atoms with E-state index in [1.165, 1.54) is 0 Å². The Morgan fingerprint density at radius 3 is 2.00 bits per heavy atom. The summed E-state index contributed by atoms with van der Waals surface area (Å²) in [5.41, 5.74) is -1.14. The number of carbonyl (C=O) groups excluding carboxylic acids is 1. The maximum absolute atomic E-state index is 12.0. The van der Waals surface area contributed by atoms with Gasteiger partial charge in [-0.05, 0) is 33.6 Å². The second-order valence-electron chi connectivity index (χ2n) is 5.37. The maximum atomic E-state index is 12.0. The summed E-state index contributed by atoms with van der Waals surface area (Å²) in [5.74, 6) is -0.0314. The van der Waals surface area contributed by atoms with E-state index in [2.05, 4.69) is 0 Å². The van der Waals surface area contributed by atoms with E-state index in [1.807, 2.05) is 13.8 Å². The fourth-order valence-corrected chi connectivity index (χ4v) is 2.02. The van der Waals surface area contributed by atoms with E-state index in [-0.39, 0.29) is 17.5 Å². The molecule has 3 heteroatoms. The van der Waals surface area contributed by atoms with Crippen LogP contribution in [0.25, 0.3) is 0 Å². The van der Waals surface area contributed by atoms with Crippen molar-refractivity contribution in [3.05, 3.63) is 11.3 Å². The number of carbonyl (C=O) groups is 1. The molecule has 0 aliphatic carbocycles. The van der Waals surface area contributed by atoms with Crippen molar-refractivity contribution in [3.8, 4) is 0 Å². The van der Waals surface area contributed by atoms with E-state index in [9.17, 15) is 9.90 Å². The molecule has 0 fully saturated rings. The highest BCUT2D eigenvalue weighted by Crippen LogP contribution is 2.38. The van der Waals surface area contributed by atoms with Crippen molar-refractivity contribution >= 4 is 5.78 Å². The first-order valence-electron chi connectivity index (χ1n) is 5.28. The molecule has 0 unspecified atom stereocenters. The number of aliphatic hydroxyl groups is 1. The first-order chi connectivity index (χ1) is 6.59. The number of hydrogen-bond donors (Lipinski definition) is 1. The van der Waals surface area contributed by atoms with Crippen LogP contribution >= 0.6 is 0 Å². The van der Waals surface area contributed by atoms with Gasteiger partial charge in [-0.15, -0.1) is 0 Å². The Hall–Kier alpha value is -0.830. The highest BCUT2D eigenvalue weighted by atomic mass is 16.5. The SMILES string of the molecule is CC(C)C1=C(O)C(C)(C)OC(C)(C)C1=O. The van der Waals surface area contributed by atoms with Crippen LogP contribution in [0.4, 0.5) is 0 Å². The van der Waals surface area contributed by atoms with E-state index >= 15 is 0 Å². The average Bonchev–Trinajstić information content (AvgIpc) is 1.99. The highest BCUT2D eigenvalue weighted by Gasteiger charge is 2.46. The lowest BCUT2D eigenvalue weighted by Gasteiger charge is -2.41. The van der Waals surface area contributed by atoms with Gasteiger partial charge in [0.05, 0.1) is 0 Å². The van der Waals surface area contributed by atoms with E-state index in [0.29, 0.717) is 5.57 Å². The van der Waals surface area contributed by atoms with Crippen molar-refractivity contribution in [1.29, 1.82) is 0 Å². The Bertz CT molecular complexity index is 322. The quantitative estimate of drug-likeness (QED) is 0.726. The second-order valence-corrected chi connectivity index (χ2v) is 5.37. The van der Waals surface area contributed by atoms with E-state index < -0.39 is 11.2 Å². The summed E-state index contributed by atoms with van der Waals surface area (Å²) in [7, 11) is 0. The number of rotatable bonds is 1. The Balaban J connectivity index is 3.35. The summed E-state index contributed by atoms with van der Waals surface area (Å²) in [5, 5.41) is 10.0. The van der Waals surface area contributed by atoms with Crippen LogP contribution < -0.4 is 0 Å². The summed E-state index contributed by atoms with van der Waals surface area (Å²) in [6.45, 7) is 10.8. The fraction of sp³-hybridized carbons (Fsp3) is 0.750. The number of aliphatic hydroxyl groups excluding tert-OH is 1. The van der Waals surface area contributed by atoms with Crippen molar-refractivity contribution < 1.29 is 14.6 Å². The summed E-state index contributed by atoms with van der Waals surface area (Å²) < 4.78 is 5.61. The highest BCUT2D eigenvalue weighted by molar-refractivity contribution is 6.03. The first-order valence-corrected chi connectivity index (χ1v) is 5.28. The zero-order chi connectivity index (χ0) is 12.0. The molecule has 3 nitrogen and oxygen atoms in total. The van der Waals surface area contributed by atoms with Crippen molar-refractivity contribution in [2.45, 2.75) is 52.7 Å². The van der Waals surface area contributed by atoms with E-state index in [0.717, 1.165) is 0 Å². The van der Waals surface area contributed by atoms with Crippen LogP contribution in [0.3, 0.4) is 0 Å². The number of Topliss-reactive ketones (excluding diaryl/α,β-unsaturated/α-hetero) is 1. The van der Waals surface area contributed by atoms with Crippen LogP contribution in [0.5, 0.6) is 0 Å². The third kappa shape index (κ3) is 1.93. The summed E-state index contributed by atoms with van der Waals surface area (Å²) in [6, 6.07) is 0. The Morgan fingerprint density at radius 1 is 1.13 bits per heavy atom. The molecule has 86 valence electrons. The molecule has 1 N–H and O–H groups in total. The molecule has 15 heavy (non-hydrogen) atoms. The molecular weight excluding hydrogens is 192 g/mol. The van der Waals surface area contributed by atoms with Crippen LogP contribution in [-0.2, 0) is 9.53 Å². The van der Waals surface area contributed by atoms with Crippen LogP contribution in [0.15, 0.2) is 11.3 Å². The summed E-state index contributed by atoms with van der Waals surface area (Å²) in [6.07, 6.45) is 0. The van der Waals surface area contributed by atoms with Crippen molar-refractivity contribution in [1.82, 2.24) is 0 Å². The van der Waals surface area contributed by atoms with Gasteiger partial charge in [-0.3, -0.25) is 4.79 Å². The molecule has 0 aromatic carbocycles. The molecule has 0 atom stereocenters. The molecule has 0 spiro atoms. The van der Waals surface area contributed by atoms with Gasteiger partial charge in [-0.2, -0.15) is 0 Å². The monoisotopic (exact) mass is 212 g/mol. The van der Waals surface area contributed by atoms with Crippen molar-refractivity contribution in [2.24, 2.45) is 5.92 Å². The molecular formula is C12H20O3. The van der Waals surface area contributed by atoms with Crippen LogP contribution in [-0.4, -0.2) is 22.1 Å². The van der Waals surface area contributed by atoms with Gasteiger partial charge >= 0.3 is 0 Å². The molecule has 1 rings (SSSR count). The lowest BCUT2D eigenvalue weighted by atomic mass is 9.81. The molecule has 0 aromatic rings. The van der Waals surface area contributed by atoms with Crippen LogP contribution in [0.1, 0.15) is 41.5 Å². The Labute approximate surface area is 91.1 Å². The lowest BCUT2D eigenvalue weighted by Crippen LogP contribution is -2.50. The molecule has 1 heterocycles. The van der Waals surface area contributed by atoms with Crippen molar-refractivity contribution in [3.63, 3.8) is 0 Å². The number of hydrogen-bond acceptors (Lipinski definition) is 3. The van der Waals surface area contributed by atoms with Gasteiger partial charge in [0, 0.05) is 5.57 Å². The molecule has 0 saturated heterocycles. The topological polar surface area (TPSA) is 46.5 Å². The average molecular weight is 212 g/mol. The molecule has 0 saturated carbocycles. The first kappa shape index (κ1) is 12.2. The minimum absolute atomic E-state index is 0.0138. The van der Waals surface area contributed by atoms with Crippen LogP contribution in [0, 0.1) is 5.92 Å². The molecule has 0 bridgehead atoms. The van der Waals surface area contributed by atoms with Crippen LogP contribution in [0.2, 0.25) is 0 Å². The normalized spacial score (nSPS) is 24.9. The zero-order valence-electron chi connectivity index (χ0n) is 10.3. The zero-order valence-corrected chi connectivity index (χ0v) is 10.3. The van der Waals surface area contributed by atoms with Gasteiger partial charge in [0.15, 0.2) is 5.78 Å². The second kappa shape index (κ2) is 3.34. The van der Waals surface area contributed by atoms with E-state index in [4.69, 9.17) is 4.74 Å². The van der Waals surface area contributed by atoms with Gasteiger partial charge in [-0.25, -0.2) is 0 Å². The Morgan fingerprint density at radius 2 is 1.60 bits per heavy atom. The number of ketones is 1. The number of ether oxygens (including phenoxy) is 1. The van der Waals surface area contributed by atoms with E-state index in [1.54, 1.807) is 27.7 Å². The van der Waals surface area contributed by atoms with Gasteiger partial charge in [-0.1, -0.05) is 13.8 Å². The van der Waals surface area contributed by atoms with Gasteiger partial charge in [0.2, 0.25) is 0 Å². The summed E-state index contributed by atoms with van der Waals surface area (Å²) >= 11 is 0. The summed E-state index contributed by atoms with van der Waals surface area (Å²) in [4.78, 5) is 12.0. The molecule has 0 aromatic heterocycles. The molecule has 0 radical (unpaired) electrons. The minimum atomic E-state index is -0.852. The predicted molar refractivity (Wildman–Crippen MR) is 58.7 cm³/mol. The predicted octanol–water partition coefficient (Wildman–Crippen LogP) is 2.61. The largest absolute Gasteiger partial charge is 0.509 e.